The highest BCUT2D eigenvalue weighted by atomic mass is 16.6. The number of aliphatic carboxylic acids is 1. The van der Waals surface area contributed by atoms with Gasteiger partial charge in [0.05, 0.1) is 34.4 Å². The summed E-state index contributed by atoms with van der Waals surface area (Å²) in [7, 11) is 5.49. The highest BCUT2D eigenvalue weighted by molar-refractivity contribution is 5.72. The lowest BCUT2D eigenvalue weighted by Crippen LogP contribution is -2.50. The van der Waals surface area contributed by atoms with Crippen molar-refractivity contribution in [3.8, 4) is 0 Å². The summed E-state index contributed by atoms with van der Waals surface area (Å²) in [6, 6.07) is -0.611. The number of carbonyl (C=O) groups is 3. The van der Waals surface area contributed by atoms with Crippen molar-refractivity contribution < 1.29 is 38.2 Å². The van der Waals surface area contributed by atoms with Gasteiger partial charge in [-0.05, 0) is 44.9 Å². The quantitative estimate of drug-likeness (QED) is 0.0391. The highest BCUT2D eigenvalue weighted by Crippen LogP contribution is 2.12. The summed E-state index contributed by atoms with van der Waals surface area (Å²) < 4.78 is 16.9. The van der Waals surface area contributed by atoms with Crippen LogP contribution in [0.4, 0.5) is 0 Å². The number of unbranched alkanes of at least 4 members (excludes halogenated alkanes) is 9. The van der Waals surface area contributed by atoms with Crippen LogP contribution in [-0.2, 0) is 28.6 Å². The van der Waals surface area contributed by atoms with Crippen molar-refractivity contribution in [1.82, 2.24) is 0 Å². The second-order valence-corrected chi connectivity index (χ2v) is 12.4. The number of esters is 2. The number of carbonyl (C=O) groups excluding carboxylic acids is 2. The second-order valence-electron chi connectivity index (χ2n) is 12.4. The van der Waals surface area contributed by atoms with Crippen LogP contribution in [0, 0.1) is 0 Å². The molecule has 0 aliphatic rings. The van der Waals surface area contributed by atoms with Crippen molar-refractivity contribution in [3.63, 3.8) is 0 Å². The molecule has 0 aliphatic carbocycles. The molecule has 254 valence electrons. The van der Waals surface area contributed by atoms with E-state index < -0.39 is 18.1 Å². The first-order valence-corrected chi connectivity index (χ1v) is 17.0. The molecule has 1 N–H and O–H groups in total. The van der Waals surface area contributed by atoms with Gasteiger partial charge in [-0.1, -0.05) is 95.2 Å². The minimum absolute atomic E-state index is 0.0556. The Hall–Kier alpha value is -2.45. The Morgan fingerprint density at radius 1 is 0.705 bits per heavy atom. The number of likely N-dealkylation sites (N-methyl/N-ethyl adjacent to an activating group) is 1. The number of hydrogen-bond donors (Lipinski definition) is 1. The molecule has 44 heavy (non-hydrogen) atoms. The van der Waals surface area contributed by atoms with Gasteiger partial charge < -0.3 is 23.8 Å². The summed E-state index contributed by atoms with van der Waals surface area (Å²) >= 11 is 0. The van der Waals surface area contributed by atoms with Gasteiger partial charge >= 0.3 is 17.9 Å². The maximum atomic E-state index is 12.5. The average molecular weight is 623 g/mol. The third-order valence-electron chi connectivity index (χ3n) is 7.30. The van der Waals surface area contributed by atoms with Crippen LogP contribution in [0.5, 0.6) is 0 Å². The first-order chi connectivity index (χ1) is 21.1. The van der Waals surface area contributed by atoms with Gasteiger partial charge in [0.2, 0.25) is 0 Å². The fraction of sp³-hybridized carbons (Fsp3) is 0.750. The molecule has 0 rings (SSSR count). The van der Waals surface area contributed by atoms with E-state index in [1.807, 2.05) is 21.1 Å². The summed E-state index contributed by atoms with van der Waals surface area (Å²) in [4.78, 5) is 36.2. The van der Waals surface area contributed by atoms with Gasteiger partial charge in [-0.25, -0.2) is 4.79 Å². The Morgan fingerprint density at radius 3 is 1.89 bits per heavy atom. The monoisotopic (exact) mass is 622 g/mol. The molecule has 0 aromatic carbocycles. The SMILES string of the molecule is CC/C=C\C/C=C\C/C=C\CCCCCCCCCC(=O)OC(COCCC(C(=O)O)[N+](C)(C)C)COC(=O)CCCCC. The van der Waals surface area contributed by atoms with E-state index in [-0.39, 0.29) is 36.2 Å². The number of carboxylic acid groups (broad SMARTS) is 1. The Balaban J connectivity index is 4.26. The van der Waals surface area contributed by atoms with E-state index in [0.717, 1.165) is 64.2 Å². The molecule has 0 bridgehead atoms. The normalized spacial score (nSPS) is 13.6. The van der Waals surface area contributed by atoms with Crippen molar-refractivity contribution in [2.45, 2.75) is 135 Å². The smallest absolute Gasteiger partial charge is 0.362 e. The molecule has 0 fully saturated rings. The first-order valence-electron chi connectivity index (χ1n) is 17.0. The van der Waals surface area contributed by atoms with E-state index in [0.29, 0.717) is 19.3 Å². The zero-order chi connectivity index (χ0) is 32.9. The van der Waals surface area contributed by atoms with Crippen LogP contribution < -0.4 is 0 Å². The minimum atomic E-state index is -0.882. The van der Waals surface area contributed by atoms with Crippen molar-refractivity contribution >= 4 is 17.9 Å². The summed E-state index contributed by atoms with van der Waals surface area (Å²) in [5.74, 6) is -1.52. The Kier molecular flexibility index (Phi) is 26.5. The Morgan fingerprint density at radius 2 is 1.27 bits per heavy atom. The van der Waals surface area contributed by atoms with Crippen LogP contribution >= 0.6 is 0 Å². The number of ether oxygens (including phenoxy) is 3. The van der Waals surface area contributed by atoms with E-state index in [1.165, 1.54) is 25.7 Å². The standard InChI is InChI=1S/C36H63NO7/c1-6-8-10-11-12-13-14-15-16-17-18-19-20-21-22-23-25-27-35(39)44-32(31-43-34(38)26-24-9-7-2)30-42-29-28-33(36(40)41)37(3,4)5/h8,10,12-13,15-16,32-33H,6-7,9,11,14,17-31H2,1-5H3/p+1/b10-8-,13-12-,16-15-. The zero-order valence-corrected chi connectivity index (χ0v) is 28.6. The molecular formula is C36H64NO7+. The molecule has 2 unspecified atom stereocenters. The average Bonchev–Trinajstić information content (AvgIpc) is 2.96. The molecule has 2 atom stereocenters. The summed E-state index contributed by atoms with van der Waals surface area (Å²) in [6.45, 7) is 4.42. The number of quaternary nitrogens is 1. The molecule has 0 aromatic rings. The van der Waals surface area contributed by atoms with Crippen LogP contribution in [-0.4, -0.2) is 80.6 Å². The summed E-state index contributed by atoms with van der Waals surface area (Å²) in [5, 5.41) is 9.51. The molecule has 0 aromatic heterocycles. The van der Waals surface area contributed by atoms with E-state index in [2.05, 4.69) is 50.3 Å². The highest BCUT2D eigenvalue weighted by Gasteiger charge is 2.31. The molecule has 0 saturated heterocycles. The fourth-order valence-electron chi connectivity index (χ4n) is 4.63. The first kappa shape index (κ1) is 41.5. The van der Waals surface area contributed by atoms with Gasteiger partial charge in [0.1, 0.15) is 6.61 Å². The van der Waals surface area contributed by atoms with Gasteiger partial charge in [0, 0.05) is 19.3 Å². The van der Waals surface area contributed by atoms with E-state index in [1.54, 1.807) is 0 Å². The van der Waals surface area contributed by atoms with Crippen LogP contribution in [0.1, 0.15) is 123 Å². The Bertz CT molecular complexity index is 829. The van der Waals surface area contributed by atoms with Gasteiger partial charge in [-0.2, -0.15) is 0 Å². The molecule has 0 heterocycles. The Labute approximate surface area is 268 Å². The molecule has 0 aliphatic heterocycles. The largest absolute Gasteiger partial charge is 0.477 e. The minimum Gasteiger partial charge on any atom is -0.477 e. The molecule has 8 nitrogen and oxygen atoms in total. The van der Waals surface area contributed by atoms with Gasteiger partial charge in [-0.15, -0.1) is 0 Å². The number of nitrogens with zero attached hydrogens (tertiary/aromatic N) is 1. The van der Waals surface area contributed by atoms with Gasteiger partial charge in [-0.3, -0.25) is 9.59 Å². The lowest BCUT2D eigenvalue weighted by Gasteiger charge is -2.31. The molecule has 8 heteroatoms. The molecule has 0 radical (unpaired) electrons. The number of carboxylic acids is 1. The third-order valence-corrected chi connectivity index (χ3v) is 7.30. The second kappa shape index (κ2) is 28.1. The summed E-state index contributed by atoms with van der Waals surface area (Å²) in [6.07, 6.45) is 28.3. The third kappa shape index (κ3) is 26.0. The van der Waals surface area contributed by atoms with Crippen molar-refractivity contribution in [1.29, 1.82) is 0 Å². The van der Waals surface area contributed by atoms with Gasteiger partial charge in [0.25, 0.3) is 0 Å². The topological polar surface area (TPSA) is 99.1 Å². The van der Waals surface area contributed by atoms with Crippen molar-refractivity contribution in [2.24, 2.45) is 0 Å². The summed E-state index contributed by atoms with van der Waals surface area (Å²) in [5.41, 5.74) is 0. The number of hydrogen-bond acceptors (Lipinski definition) is 6. The fourth-order valence-corrected chi connectivity index (χ4v) is 4.63. The molecule has 0 saturated carbocycles. The molecule has 0 spiro atoms. The van der Waals surface area contributed by atoms with Crippen LogP contribution in [0.2, 0.25) is 0 Å². The lowest BCUT2D eigenvalue weighted by molar-refractivity contribution is -0.887. The lowest BCUT2D eigenvalue weighted by atomic mass is 10.1. The van der Waals surface area contributed by atoms with Crippen molar-refractivity contribution in [3.05, 3.63) is 36.5 Å². The maximum absolute atomic E-state index is 12.5. The molecular weight excluding hydrogens is 558 g/mol. The predicted molar refractivity (Wildman–Crippen MR) is 178 cm³/mol. The number of allylic oxidation sites excluding steroid dienone is 6. The van der Waals surface area contributed by atoms with Crippen molar-refractivity contribution in [2.75, 3.05) is 41.0 Å². The van der Waals surface area contributed by atoms with E-state index >= 15 is 0 Å². The zero-order valence-electron chi connectivity index (χ0n) is 28.6. The maximum Gasteiger partial charge on any atom is 0.362 e. The van der Waals surface area contributed by atoms with Crippen LogP contribution in [0.25, 0.3) is 0 Å². The number of rotatable bonds is 29. The van der Waals surface area contributed by atoms with E-state index in [4.69, 9.17) is 14.2 Å². The van der Waals surface area contributed by atoms with E-state index in [9.17, 15) is 19.5 Å². The predicted octanol–water partition coefficient (Wildman–Crippen LogP) is 7.96. The van der Waals surface area contributed by atoms with Crippen LogP contribution in [0.15, 0.2) is 36.5 Å². The molecule has 0 amide bonds. The van der Waals surface area contributed by atoms with Gasteiger partial charge in [0.15, 0.2) is 12.1 Å². The van der Waals surface area contributed by atoms with Crippen LogP contribution in [0.3, 0.4) is 0 Å².